The number of nitrogens with zero attached hydrogens (tertiary/aromatic N) is 1. The largest absolute Gasteiger partial charge is 0.454 e. The van der Waals surface area contributed by atoms with E-state index in [0.29, 0.717) is 6.42 Å². The van der Waals surface area contributed by atoms with Gasteiger partial charge in [-0.1, -0.05) is 30.1 Å². The molecule has 0 spiro atoms. The van der Waals surface area contributed by atoms with E-state index < -0.39 is 35.2 Å². The van der Waals surface area contributed by atoms with Crippen molar-refractivity contribution in [3.63, 3.8) is 0 Å². The van der Waals surface area contributed by atoms with Crippen molar-refractivity contribution in [2.45, 2.75) is 19.9 Å². The van der Waals surface area contributed by atoms with Crippen LogP contribution >= 0.6 is 23.2 Å². The molecule has 0 aliphatic rings. The summed E-state index contributed by atoms with van der Waals surface area (Å²) in [5.41, 5.74) is 3.79. The first-order chi connectivity index (χ1) is 12.3. The van der Waals surface area contributed by atoms with Gasteiger partial charge in [-0.3, -0.25) is 19.1 Å². The van der Waals surface area contributed by atoms with Gasteiger partial charge < -0.3 is 10.5 Å². The van der Waals surface area contributed by atoms with Crippen molar-refractivity contribution >= 4 is 40.8 Å². The molecule has 138 valence electrons. The first-order valence-corrected chi connectivity index (χ1v) is 8.29. The number of halogens is 2. The molecule has 0 unspecified atom stereocenters. The number of anilines is 1. The standard InChI is InChI=1S/C16H15Cl2N3O5/c1-2-5-21-13(19)12(14(23)20-16(21)25)11(22)7-26-15(24)8-3-4-9(17)10(18)6-8/h3-4,6H,2,5,7,19H2,1H3,(H,20,23,25). The van der Waals surface area contributed by atoms with E-state index in [1.807, 2.05) is 4.98 Å². The number of hydrogen-bond acceptors (Lipinski definition) is 6. The fraction of sp³-hybridized carbons (Fsp3) is 0.250. The van der Waals surface area contributed by atoms with Crippen molar-refractivity contribution in [3.8, 4) is 0 Å². The molecule has 8 nitrogen and oxygen atoms in total. The van der Waals surface area contributed by atoms with Gasteiger partial charge in [0.2, 0.25) is 5.78 Å². The third-order valence-corrected chi connectivity index (χ3v) is 4.19. The molecule has 0 aliphatic heterocycles. The number of nitrogen functional groups attached to an aromatic ring is 1. The van der Waals surface area contributed by atoms with E-state index >= 15 is 0 Å². The fourth-order valence-corrected chi connectivity index (χ4v) is 2.51. The molecule has 1 aromatic carbocycles. The molecular formula is C16H15Cl2N3O5. The Morgan fingerprint density at radius 1 is 1.23 bits per heavy atom. The predicted octanol–water partition coefficient (Wildman–Crippen LogP) is 1.88. The number of nitrogens with two attached hydrogens (primary N) is 1. The van der Waals surface area contributed by atoms with Gasteiger partial charge in [0.1, 0.15) is 11.4 Å². The van der Waals surface area contributed by atoms with Gasteiger partial charge in [-0.25, -0.2) is 9.59 Å². The summed E-state index contributed by atoms with van der Waals surface area (Å²) in [4.78, 5) is 49.9. The van der Waals surface area contributed by atoms with Crippen LogP contribution in [0.15, 0.2) is 27.8 Å². The van der Waals surface area contributed by atoms with Gasteiger partial charge in [0.05, 0.1) is 15.6 Å². The monoisotopic (exact) mass is 399 g/mol. The Balaban J connectivity index is 2.21. The third kappa shape index (κ3) is 4.14. The summed E-state index contributed by atoms with van der Waals surface area (Å²) in [6, 6.07) is 4.08. The molecule has 1 heterocycles. The summed E-state index contributed by atoms with van der Waals surface area (Å²) in [6.07, 6.45) is 0.566. The average Bonchev–Trinajstić information content (AvgIpc) is 2.58. The quantitative estimate of drug-likeness (QED) is 0.564. The van der Waals surface area contributed by atoms with Crippen LogP contribution in [0.4, 0.5) is 5.82 Å². The second-order valence-corrected chi connectivity index (χ2v) is 6.11. The van der Waals surface area contributed by atoms with Crippen LogP contribution in [0, 0.1) is 0 Å². The second-order valence-electron chi connectivity index (χ2n) is 5.30. The second kappa shape index (κ2) is 8.20. The minimum atomic E-state index is -0.935. The molecular weight excluding hydrogens is 385 g/mol. The highest BCUT2D eigenvalue weighted by molar-refractivity contribution is 6.42. The predicted molar refractivity (Wildman–Crippen MR) is 97.1 cm³/mol. The molecule has 0 atom stereocenters. The van der Waals surface area contributed by atoms with Crippen LogP contribution in [0.2, 0.25) is 10.0 Å². The van der Waals surface area contributed by atoms with Gasteiger partial charge in [0.25, 0.3) is 5.56 Å². The van der Waals surface area contributed by atoms with Gasteiger partial charge in [0.15, 0.2) is 6.61 Å². The lowest BCUT2D eigenvalue weighted by atomic mass is 10.2. The SMILES string of the molecule is CCCn1c(N)c(C(=O)COC(=O)c2ccc(Cl)c(Cl)c2)c(=O)[nH]c1=O. The number of hydrogen-bond donors (Lipinski definition) is 2. The molecule has 3 N–H and O–H groups in total. The molecule has 0 saturated carbocycles. The van der Waals surface area contributed by atoms with Gasteiger partial charge in [-0.05, 0) is 24.6 Å². The molecule has 0 saturated heterocycles. The maximum atomic E-state index is 12.3. The summed E-state index contributed by atoms with van der Waals surface area (Å²) >= 11 is 11.6. The number of esters is 1. The highest BCUT2D eigenvalue weighted by Gasteiger charge is 2.21. The number of carbonyl (C=O) groups is 2. The van der Waals surface area contributed by atoms with E-state index in [-0.39, 0.29) is 28.0 Å². The van der Waals surface area contributed by atoms with E-state index in [1.165, 1.54) is 18.2 Å². The number of H-pyrrole nitrogens is 1. The number of carbonyl (C=O) groups excluding carboxylic acids is 2. The molecule has 2 rings (SSSR count). The Kier molecular flexibility index (Phi) is 6.23. The maximum Gasteiger partial charge on any atom is 0.338 e. The molecule has 10 heteroatoms. The molecule has 1 aromatic heterocycles. The van der Waals surface area contributed by atoms with Crippen LogP contribution < -0.4 is 17.0 Å². The summed E-state index contributed by atoms with van der Waals surface area (Å²) in [5, 5.41) is 0.413. The van der Waals surface area contributed by atoms with E-state index in [4.69, 9.17) is 33.7 Å². The van der Waals surface area contributed by atoms with Crippen molar-refractivity contribution in [3.05, 3.63) is 60.2 Å². The third-order valence-electron chi connectivity index (χ3n) is 3.46. The molecule has 0 amide bonds. The lowest BCUT2D eigenvalue weighted by molar-refractivity contribution is 0.0474. The highest BCUT2D eigenvalue weighted by atomic mass is 35.5. The van der Waals surface area contributed by atoms with Crippen LogP contribution in [0.3, 0.4) is 0 Å². The molecule has 0 radical (unpaired) electrons. The molecule has 0 aliphatic carbocycles. The summed E-state index contributed by atoms with van der Waals surface area (Å²) in [7, 11) is 0. The Hall–Kier alpha value is -2.58. The smallest absolute Gasteiger partial charge is 0.338 e. The number of nitrogens with one attached hydrogen (secondary N) is 1. The fourth-order valence-electron chi connectivity index (χ4n) is 2.21. The molecule has 2 aromatic rings. The average molecular weight is 400 g/mol. The zero-order valence-corrected chi connectivity index (χ0v) is 15.2. The van der Waals surface area contributed by atoms with E-state index in [2.05, 4.69) is 0 Å². The van der Waals surface area contributed by atoms with Crippen LogP contribution in [-0.2, 0) is 11.3 Å². The Labute approximate surface area is 157 Å². The van der Waals surface area contributed by atoms with Crippen molar-refractivity contribution in [1.82, 2.24) is 9.55 Å². The minimum Gasteiger partial charge on any atom is -0.454 e. The van der Waals surface area contributed by atoms with Gasteiger partial charge in [-0.2, -0.15) is 0 Å². The number of rotatable bonds is 6. The van der Waals surface area contributed by atoms with Crippen LogP contribution in [0.5, 0.6) is 0 Å². The summed E-state index contributed by atoms with van der Waals surface area (Å²) in [5.74, 6) is -1.92. The van der Waals surface area contributed by atoms with Crippen LogP contribution in [0.1, 0.15) is 34.1 Å². The highest BCUT2D eigenvalue weighted by Crippen LogP contribution is 2.23. The van der Waals surface area contributed by atoms with Gasteiger partial charge in [0, 0.05) is 6.54 Å². The lowest BCUT2D eigenvalue weighted by Gasteiger charge is -2.11. The normalized spacial score (nSPS) is 10.6. The van der Waals surface area contributed by atoms with E-state index in [1.54, 1.807) is 6.92 Å². The minimum absolute atomic E-state index is 0.0880. The van der Waals surface area contributed by atoms with Crippen molar-refractivity contribution < 1.29 is 14.3 Å². The Morgan fingerprint density at radius 3 is 2.54 bits per heavy atom. The van der Waals surface area contributed by atoms with Crippen LogP contribution in [-0.4, -0.2) is 27.9 Å². The number of ether oxygens (including phenoxy) is 1. The molecule has 26 heavy (non-hydrogen) atoms. The lowest BCUT2D eigenvalue weighted by Crippen LogP contribution is -2.37. The number of aromatic amines is 1. The van der Waals surface area contributed by atoms with Crippen LogP contribution in [0.25, 0.3) is 0 Å². The first-order valence-electron chi connectivity index (χ1n) is 7.54. The number of aromatic nitrogens is 2. The number of ketones is 1. The zero-order valence-electron chi connectivity index (χ0n) is 13.7. The number of benzene rings is 1. The van der Waals surface area contributed by atoms with Crippen molar-refractivity contribution in [2.24, 2.45) is 0 Å². The van der Waals surface area contributed by atoms with Gasteiger partial charge in [-0.15, -0.1) is 0 Å². The first kappa shape index (κ1) is 19.7. The number of Topliss-reactive ketones (excluding diaryl/α,β-unsaturated/α-hetero) is 1. The van der Waals surface area contributed by atoms with E-state index in [0.717, 1.165) is 4.57 Å². The Bertz CT molecular complexity index is 981. The van der Waals surface area contributed by atoms with Crippen molar-refractivity contribution in [1.29, 1.82) is 0 Å². The topological polar surface area (TPSA) is 124 Å². The summed E-state index contributed by atoms with van der Waals surface area (Å²) in [6.45, 7) is 1.30. The van der Waals surface area contributed by atoms with E-state index in [9.17, 15) is 19.2 Å². The molecule has 0 bridgehead atoms. The summed E-state index contributed by atoms with van der Waals surface area (Å²) < 4.78 is 5.97. The molecule has 0 fully saturated rings. The maximum absolute atomic E-state index is 12.3. The zero-order chi connectivity index (χ0) is 19.4. The van der Waals surface area contributed by atoms with Crippen molar-refractivity contribution in [2.75, 3.05) is 12.3 Å². The van der Waals surface area contributed by atoms with Gasteiger partial charge >= 0.3 is 11.7 Å². The Morgan fingerprint density at radius 2 is 1.92 bits per heavy atom.